The number of nitrogens with zero attached hydrogens (tertiary/aromatic N) is 1. The Hall–Kier alpha value is -4.39. The molecule has 3 aromatic carbocycles. The molecule has 7 heteroatoms. The number of rotatable bonds is 10. The van der Waals surface area contributed by atoms with Gasteiger partial charge >= 0.3 is 5.97 Å². The number of hydrogen-bond acceptors (Lipinski definition) is 6. The monoisotopic (exact) mass is 458 g/mol. The van der Waals surface area contributed by atoms with Crippen LogP contribution < -0.4 is 19.6 Å². The third kappa shape index (κ3) is 7.34. The van der Waals surface area contributed by atoms with Crippen LogP contribution in [0.25, 0.3) is 6.08 Å². The quantitative estimate of drug-likeness (QED) is 0.154. The van der Waals surface area contributed by atoms with Crippen LogP contribution in [0, 0.1) is 0 Å². The van der Waals surface area contributed by atoms with Gasteiger partial charge in [-0.3, -0.25) is 4.79 Å². The molecule has 0 saturated carbocycles. The van der Waals surface area contributed by atoms with Crippen molar-refractivity contribution in [3.8, 4) is 17.2 Å². The van der Waals surface area contributed by atoms with E-state index in [1.165, 1.54) is 19.4 Å². The molecule has 0 aliphatic carbocycles. The fourth-order valence-electron chi connectivity index (χ4n) is 2.87. The number of nitrogens with one attached hydrogen (secondary N) is 1. The zero-order valence-electron chi connectivity index (χ0n) is 19.1. The van der Waals surface area contributed by atoms with Gasteiger partial charge in [-0.2, -0.15) is 5.10 Å². The zero-order valence-corrected chi connectivity index (χ0v) is 19.1. The van der Waals surface area contributed by atoms with Gasteiger partial charge in [0.15, 0.2) is 11.5 Å². The molecule has 34 heavy (non-hydrogen) atoms. The van der Waals surface area contributed by atoms with Gasteiger partial charge in [-0.15, -0.1) is 0 Å². The summed E-state index contributed by atoms with van der Waals surface area (Å²) in [4.78, 5) is 24.4. The number of ether oxygens (including phenoxy) is 3. The molecule has 0 unspecified atom stereocenters. The Bertz CT molecular complexity index is 1160. The summed E-state index contributed by atoms with van der Waals surface area (Å²) in [6.07, 6.45) is 5.41. The molecule has 0 radical (unpaired) electrons. The van der Waals surface area contributed by atoms with Gasteiger partial charge in [0.25, 0.3) is 5.91 Å². The minimum atomic E-state index is -0.526. The van der Waals surface area contributed by atoms with Gasteiger partial charge in [0.2, 0.25) is 0 Å². The fourth-order valence-corrected chi connectivity index (χ4v) is 2.87. The Labute approximate surface area is 198 Å². The van der Waals surface area contributed by atoms with E-state index in [4.69, 9.17) is 14.2 Å². The Morgan fingerprint density at radius 3 is 2.41 bits per heavy atom. The van der Waals surface area contributed by atoms with E-state index in [-0.39, 0.29) is 11.7 Å². The van der Waals surface area contributed by atoms with Crippen molar-refractivity contribution in [1.82, 2.24) is 5.43 Å². The SMILES string of the molecule is CCCOc1ccc(C(=O)N/N=C\c2ccc(OC(=O)/C=C/c3ccccc3)c(OC)c2)cc1. The van der Waals surface area contributed by atoms with Gasteiger partial charge in [-0.25, -0.2) is 10.2 Å². The van der Waals surface area contributed by atoms with Gasteiger partial charge < -0.3 is 14.2 Å². The second-order valence-corrected chi connectivity index (χ2v) is 7.15. The van der Waals surface area contributed by atoms with Crippen molar-refractivity contribution < 1.29 is 23.8 Å². The summed E-state index contributed by atoms with van der Waals surface area (Å²) in [5.74, 6) is 0.476. The van der Waals surface area contributed by atoms with E-state index in [1.54, 1.807) is 48.5 Å². The lowest BCUT2D eigenvalue weighted by Gasteiger charge is -2.08. The molecule has 0 atom stereocenters. The average Bonchev–Trinajstić information content (AvgIpc) is 2.87. The summed E-state index contributed by atoms with van der Waals surface area (Å²) in [6, 6.07) is 21.2. The van der Waals surface area contributed by atoms with Crippen molar-refractivity contribution in [3.05, 3.63) is 95.6 Å². The highest BCUT2D eigenvalue weighted by atomic mass is 16.6. The lowest BCUT2D eigenvalue weighted by Crippen LogP contribution is -2.17. The smallest absolute Gasteiger partial charge is 0.336 e. The number of methoxy groups -OCH3 is 1. The lowest BCUT2D eigenvalue weighted by molar-refractivity contribution is -0.129. The third-order valence-electron chi connectivity index (χ3n) is 4.58. The number of amides is 1. The number of carbonyl (C=O) groups excluding carboxylic acids is 2. The van der Waals surface area contributed by atoms with Gasteiger partial charge in [0.1, 0.15) is 5.75 Å². The first-order valence-corrected chi connectivity index (χ1v) is 10.8. The molecular weight excluding hydrogens is 432 g/mol. The Morgan fingerprint density at radius 2 is 1.71 bits per heavy atom. The predicted molar refractivity (Wildman–Crippen MR) is 131 cm³/mol. The van der Waals surface area contributed by atoms with Gasteiger partial charge in [0, 0.05) is 11.6 Å². The van der Waals surface area contributed by atoms with E-state index < -0.39 is 5.97 Å². The molecule has 0 aromatic heterocycles. The highest BCUT2D eigenvalue weighted by Crippen LogP contribution is 2.28. The molecule has 0 heterocycles. The summed E-state index contributed by atoms with van der Waals surface area (Å²) in [7, 11) is 1.48. The van der Waals surface area contributed by atoms with Crippen molar-refractivity contribution >= 4 is 24.2 Å². The first-order valence-electron chi connectivity index (χ1n) is 10.8. The van der Waals surface area contributed by atoms with Crippen LogP contribution in [-0.2, 0) is 4.79 Å². The number of hydrogen-bond donors (Lipinski definition) is 1. The minimum absolute atomic E-state index is 0.275. The summed E-state index contributed by atoms with van der Waals surface area (Å²) in [5.41, 5.74) is 4.49. The topological polar surface area (TPSA) is 86.2 Å². The summed E-state index contributed by atoms with van der Waals surface area (Å²) < 4.78 is 16.2. The highest BCUT2D eigenvalue weighted by Gasteiger charge is 2.09. The van der Waals surface area contributed by atoms with E-state index in [9.17, 15) is 9.59 Å². The van der Waals surface area contributed by atoms with Crippen LogP contribution in [0.1, 0.15) is 34.8 Å². The van der Waals surface area contributed by atoms with Crippen LogP contribution in [0.15, 0.2) is 84.0 Å². The van der Waals surface area contributed by atoms with Crippen LogP contribution in [-0.4, -0.2) is 31.8 Å². The Balaban J connectivity index is 1.57. The number of esters is 1. The van der Waals surface area contributed by atoms with E-state index in [0.29, 0.717) is 29.2 Å². The molecular formula is C27H26N2O5. The van der Waals surface area contributed by atoms with Crippen molar-refractivity contribution in [3.63, 3.8) is 0 Å². The Kier molecular flexibility index (Phi) is 8.99. The molecule has 0 spiro atoms. The minimum Gasteiger partial charge on any atom is -0.494 e. The lowest BCUT2D eigenvalue weighted by atomic mass is 10.2. The molecule has 0 saturated heterocycles. The second kappa shape index (κ2) is 12.6. The molecule has 7 nitrogen and oxygen atoms in total. The van der Waals surface area contributed by atoms with Crippen molar-refractivity contribution in [2.24, 2.45) is 5.10 Å². The first-order chi connectivity index (χ1) is 16.6. The van der Waals surface area contributed by atoms with Crippen molar-refractivity contribution in [2.75, 3.05) is 13.7 Å². The third-order valence-corrected chi connectivity index (χ3v) is 4.58. The number of hydrazone groups is 1. The maximum absolute atomic E-state index is 12.3. The molecule has 0 fully saturated rings. The van der Waals surface area contributed by atoms with Crippen LogP contribution in [0.3, 0.4) is 0 Å². The summed E-state index contributed by atoms with van der Waals surface area (Å²) in [5, 5.41) is 3.99. The maximum Gasteiger partial charge on any atom is 0.336 e. The van der Waals surface area contributed by atoms with E-state index in [1.807, 2.05) is 37.3 Å². The number of carbonyl (C=O) groups is 2. The maximum atomic E-state index is 12.3. The van der Waals surface area contributed by atoms with Gasteiger partial charge in [0.05, 0.1) is 19.9 Å². The van der Waals surface area contributed by atoms with Gasteiger partial charge in [-0.05, 0) is 66.1 Å². The van der Waals surface area contributed by atoms with Gasteiger partial charge in [-0.1, -0.05) is 37.3 Å². The average molecular weight is 459 g/mol. The van der Waals surface area contributed by atoms with Crippen LogP contribution in [0.4, 0.5) is 0 Å². The van der Waals surface area contributed by atoms with E-state index >= 15 is 0 Å². The van der Waals surface area contributed by atoms with Crippen LogP contribution in [0.5, 0.6) is 17.2 Å². The Morgan fingerprint density at radius 1 is 0.941 bits per heavy atom. The molecule has 0 aliphatic heterocycles. The summed E-state index contributed by atoms with van der Waals surface area (Å²) >= 11 is 0. The molecule has 3 aromatic rings. The molecule has 3 rings (SSSR count). The summed E-state index contributed by atoms with van der Waals surface area (Å²) in [6.45, 7) is 2.65. The van der Waals surface area contributed by atoms with Crippen LogP contribution >= 0.6 is 0 Å². The molecule has 174 valence electrons. The highest BCUT2D eigenvalue weighted by molar-refractivity contribution is 5.95. The predicted octanol–water partition coefficient (Wildman–Crippen LogP) is 4.87. The second-order valence-electron chi connectivity index (χ2n) is 7.15. The fraction of sp³-hybridized carbons (Fsp3) is 0.148. The normalized spacial score (nSPS) is 10.9. The van der Waals surface area contributed by atoms with E-state index in [0.717, 1.165) is 12.0 Å². The van der Waals surface area contributed by atoms with Crippen LogP contribution in [0.2, 0.25) is 0 Å². The largest absolute Gasteiger partial charge is 0.494 e. The molecule has 1 amide bonds. The zero-order chi connectivity index (χ0) is 24.2. The van der Waals surface area contributed by atoms with Crippen molar-refractivity contribution in [1.29, 1.82) is 0 Å². The van der Waals surface area contributed by atoms with E-state index in [2.05, 4.69) is 10.5 Å². The molecule has 0 bridgehead atoms. The molecule has 1 N–H and O–H groups in total. The molecule has 0 aliphatic rings. The standard InChI is InChI=1S/C27H26N2O5/c1-3-17-33-23-13-11-22(12-14-23)27(31)29-28-19-21-9-15-24(25(18-21)32-2)34-26(30)16-10-20-7-5-4-6-8-20/h4-16,18-19H,3,17H2,1-2H3,(H,29,31)/b16-10+,28-19-. The number of benzene rings is 3. The van der Waals surface area contributed by atoms with Crippen molar-refractivity contribution in [2.45, 2.75) is 13.3 Å². The first kappa shape index (κ1) is 24.3.